The zero-order valence-corrected chi connectivity index (χ0v) is 14.3. The van der Waals surface area contributed by atoms with Crippen molar-refractivity contribution in [2.45, 2.75) is 0 Å². The molecule has 0 heterocycles. The number of rotatable bonds is 6. The lowest BCUT2D eigenvalue weighted by molar-refractivity contribution is -0.384. The van der Waals surface area contributed by atoms with Gasteiger partial charge in [0.25, 0.3) is 5.69 Å². The molecule has 0 spiro atoms. The van der Waals surface area contributed by atoms with Gasteiger partial charge < -0.3 is 14.2 Å². The summed E-state index contributed by atoms with van der Waals surface area (Å²) in [6, 6.07) is 18.9. The van der Waals surface area contributed by atoms with Gasteiger partial charge in [-0.05, 0) is 42.5 Å². The maximum absolute atomic E-state index is 12.3. The summed E-state index contributed by atoms with van der Waals surface area (Å²) in [5, 5.41) is 10.7. The fourth-order valence-electron chi connectivity index (χ4n) is 2.29. The molecule has 0 aliphatic heterocycles. The first-order chi connectivity index (χ1) is 13.0. The van der Waals surface area contributed by atoms with Crippen LogP contribution in [0.1, 0.15) is 10.4 Å². The summed E-state index contributed by atoms with van der Waals surface area (Å²) in [5.41, 5.74) is 0.333. The average Bonchev–Trinajstić information content (AvgIpc) is 2.68. The average molecular weight is 365 g/mol. The van der Waals surface area contributed by atoms with Crippen LogP contribution in [-0.2, 0) is 0 Å². The van der Waals surface area contributed by atoms with Gasteiger partial charge in [-0.2, -0.15) is 0 Å². The molecule has 0 fully saturated rings. The Kier molecular flexibility index (Phi) is 5.32. The third-order valence-corrected chi connectivity index (χ3v) is 3.60. The zero-order valence-electron chi connectivity index (χ0n) is 14.3. The first kappa shape index (κ1) is 17.9. The molecule has 0 N–H and O–H groups in total. The van der Waals surface area contributed by atoms with Gasteiger partial charge in [-0.3, -0.25) is 10.1 Å². The highest BCUT2D eigenvalue weighted by atomic mass is 16.6. The van der Waals surface area contributed by atoms with Crippen molar-refractivity contribution >= 4 is 11.7 Å². The SMILES string of the molecule is COc1cccc(C(=O)Oc2cccc(Oc3ccc([N+](=O)[O-])cc3)c2)c1. The van der Waals surface area contributed by atoms with Gasteiger partial charge in [0.05, 0.1) is 17.6 Å². The van der Waals surface area contributed by atoms with Gasteiger partial charge in [0.15, 0.2) is 0 Å². The highest BCUT2D eigenvalue weighted by molar-refractivity contribution is 5.91. The molecule has 3 aromatic rings. The number of nitro benzene ring substituents is 1. The Morgan fingerprint density at radius 3 is 2.22 bits per heavy atom. The zero-order chi connectivity index (χ0) is 19.2. The minimum Gasteiger partial charge on any atom is -0.497 e. The van der Waals surface area contributed by atoms with E-state index in [0.717, 1.165) is 0 Å². The third kappa shape index (κ3) is 4.60. The highest BCUT2D eigenvalue weighted by Crippen LogP contribution is 2.27. The minimum atomic E-state index is -0.526. The molecule has 0 bridgehead atoms. The van der Waals surface area contributed by atoms with Crippen LogP contribution < -0.4 is 14.2 Å². The number of carbonyl (C=O) groups excluding carboxylic acids is 1. The molecule has 0 amide bonds. The Morgan fingerprint density at radius 1 is 0.852 bits per heavy atom. The second kappa shape index (κ2) is 8.01. The van der Waals surface area contributed by atoms with E-state index in [1.54, 1.807) is 48.5 Å². The predicted octanol–water partition coefficient (Wildman–Crippen LogP) is 4.61. The molecule has 0 radical (unpaired) electrons. The lowest BCUT2D eigenvalue weighted by Gasteiger charge is -2.09. The molecule has 7 heteroatoms. The number of hydrogen-bond acceptors (Lipinski definition) is 6. The van der Waals surface area contributed by atoms with Gasteiger partial charge >= 0.3 is 5.97 Å². The van der Waals surface area contributed by atoms with Crippen LogP contribution in [0.15, 0.2) is 72.8 Å². The monoisotopic (exact) mass is 365 g/mol. The van der Waals surface area contributed by atoms with Crippen LogP contribution in [0.4, 0.5) is 5.69 Å². The number of carbonyl (C=O) groups is 1. The summed E-state index contributed by atoms with van der Waals surface area (Å²) >= 11 is 0. The lowest BCUT2D eigenvalue weighted by Crippen LogP contribution is -2.08. The molecule has 3 rings (SSSR count). The number of hydrogen-bond donors (Lipinski definition) is 0. The molecule has 0 unspecified atom stereocenters. The molecule has 0 aliphatic rings. The van der Waals surface area contributed by atoms with E-state index in [0.29, 0.717) is 28.6 Å². The molecular formula is C20H15NO6. The molecule has 3 aromatic carbocycles. The number of esters is 1. The van der Waals surface area contributed by atoms with Crippen LogP contribution in [0.3, 0.4) is 0 Å². The number of benzene rings is 3. The summed E-state index contributed by atoms with van der Waals surface area (Å²) in [7, 11) is 1.52. The number of nitrogens with zero attached hydrogens (tertiary/aromatic N) is 1. The summed E-state index contributed by atoms with van der Waals surface area (Å²) in [5.74, 6) is 1.19. The minimum absolute atomic E-state index is 0.0247. The molecule has 27 heavy (non-hydrogen) atoms. The first-order valence-corrected chi connectivity index (χ1v) is 7.94. The second-order valence-electron chi connectivity index (χ2n) is 5.45. The van der Waals surface area contributed by atoms with E-state index in [1.165, 1.54) is 31.4 Å². The molecule has 7 nitrogen and oxygen atoms in total. The smallest absolute Gasteiger partial charge is 0.343 e. The van der Waals surface area contributed by atoms with E-state index in [-0.39, 0.29) is 5.69 Å². The van der Waals surface area contributed by atoms with Crippen molar-refractivity contribution in [3.05, 3.63) is 88.5 Å². The maximum atomic E-state index is 12.3. The molecular weight excluding hydrogens is 350 g/mol. The Bertz CT molecular complexity index is 968. The van der Waals surface area contributed by atoms with Gasteiger partial charge in [-0.15, -0.1) is 0 Å². The van der Waals surface area contributed by atoms with E-state index in [1.807, 2.05) is 0 Å². The van der Waals surface area contributed by atoms with Crippen LogP contribution in [0.5, 0.6) is 23.0 Å². The van der Waals surface area contributed by atoms with Crippen molar-refractivity contribution in [3.63, 3.8) is 0 Å². The number of methoxy groups -OCH3 is 1. The van der Waals surface area contributed by atoms with Crippen LogP contribution >= 0.6 is 0 Å². The molecule has 136 valence electrons. The Labute approximate surface area is 154 Å². The number of nitro groups is 1. The van der Waals surface area contributed by atoms with Crippen molar-refractivity contribution in [3.8, 4) is 23.0 Å². The quantitative estimate of drug-likeness (QED) is 0.274. The van der Waals surface area contributed by atoms with Crippen molar-refractivity contribution in [2.24, 2.45) is 0 Å². The van der Waals surface area contributed by atoms with Gasteiger partial charge in [0.2, 0.25) is 0 Å². The predicted molar refractivity (Wildman–Crippen MR) is 97.6 cm³/mol. The summed E-state index contributed by atoms with van der Waals surface area (Å²) < 4.78 is 16.1. The van der Waals surface area contributed by atoms with Gasteiger partial charge in [-0.25, -0.2) is 4.79 Å². The van der Waals surface area contributed by atoms with Crippen molar-refractivity contribution in [2.75, 3.05) is 7.11 Å². The van der Waals surface area contributed by atoms with E-state index in [2.05, 4.69) is 0 Å². The molecule has 0 atom stereocenters. The third-order valence-electron chi connectivity index (χ3n) is 3.60. The van der Waals surface area contributed by atoms with Crippen LogP contribution in [0.25, 0.3) is 0 Å². The standard InChI is InChI=1S/C20H15NO6/c1-25-17-5-2-4-14(12-17)20(22)27-19-7-3-6-18(13-19)26-16-10-8-15(9-11-16)21(23)24/h2-13H,1H3. The fourth-order valence-corrected chi connectivity index (χ4v) is 2.29. The van der Waals surface area contributed by atoms with Crippen LogP contribution in [-0.4, -0.2) is 18.0 Å². The van der Waals surface area contributed by atoms with Crippen molar-refractivity contribution in [1.82, 2.24) is 0 Å². The molecule has 0 aromatic heterocycles. The Morgan fingerprint density at radius 2 is 1.52 bits per heavy atom. The van der Waals surface area contributed by atoms with Gasteiger partial charge in [-0.1, -0.05) is 12.1 Å². The van der Waals surface area contributed by atoms with E-state index >= 15 is 0 Å². The largest absolute Gasteiger partial charge is 0.497 e. The fraction of sp³-hybridized carbons (Fsp3) is 0.0500. The Hall–Kier alpha value is -3.87. The molecule has 0 saturated heterocycles. The summed E-state index contributed by atoms with van der Waals surface area (Å²) in [6.45, 7) is 0. The topological polar surface area (TPSA) is 87.9 Å². The maximum Gasteiger partial charge on any atom is 0.343 e. The highest BCUT2D eigenvalue weighted by Gasteiger charge is 2.11. The molecule has 0 aliphatic carbocycles. The summed E-state index contributed by atoms with van der Waals surface area (Å²) in [6.07, 6.45) is 0. The second-order valence-corrected chi connectivity index (χ2v) is 5.45. The van der Waals surface area contributed by atoms with E-state index < -0.39 is 10.9 Å². The summed E-state index contributed by atoms with van der Waals surface area (Å²) in [4.78, 5) is 22.5. The van der Waals surface area contributed by atoms with Crippen LogP contribution in [0, 0.1) is 10.1 Å². The van der Waals surface area contributed by atoms with E-state index in [9.17, 15) is 14.9 Å². The normalized spacial score (nSPS) is 10.1. The van der Waals surface area contributed by atoms with Crippen LogP contribution in [0.2, 0.25) is 0 Å². The van der Waals surface area contributed by atoms with E-state index in [4.69, 9.17) is 14.2 Å². The first-order valence-electron chi connectivity index (χ1n) is 7.94. The van der Waals surface area contributed by atoms with Gasteiger partial charge in [0.1, 0.15) is 23.0 Å². The number of non-ortho nitro benzene ring substituents is 1. The van der Waals surface area contributed by atoms with Crippen molar-refractivity contribution < 1.29 is 23.9 Å². The molecule has 0 saturated carbocycles. The van der Waals surface area contributed by atoms with Gasteiger partial charge in [0, 0.05) is 18.2 Å². The Balaban J connectivity index is 1.71. The van der Waals surface area contributed by atoms with Crippen molar-refractivity contribution in [1.29, 1.82) is 0 Å². The number of ether oxygens (including phenoxy) is 3. The lowest BCUT2D eigenvalue weighted by atomic mass is 10.2.